The third-order valence-corrected chi connectivity index (χ3v) is 3.13. The second-order valence-corrected chi connectivity index (χ2v) is 5.48. The number of aromatic hydroxyl groups is 1. The summed E-state index contributed by atoms with van der Waals surface area (Å²) in [6, 6.07) is 6.28. The molecule has 0 bridgehead atoms. The first-order valence-corrected chi connectivity index (χ1v) is 6.87. The lowest BCUT2D eigenvalue weighted by molar-refractivity contribution is -0.123. The number of nitrogens with zero attached hydrogens (tertiary/aromatic N) is 1. The summed E-state index contributed by atoms with van der Waals surface area (Å²) in [5, 5.41) is 12.1. The van der Waals surface area contributed by atoms with E-state index in [2.05, 4.69) is 10.2 Å². The molecule has 1 rings (SSSR count). The lowest BCUT2D eigenvalue weighted by atomic mass is 10.1. The Morgan fingerprint density at radius 3 is 2.50 bits per heavy atom. The summed E-state index contributed by atoms with van der Waals surface area (Å²) in [5.41, 5.74) is 6.84. The van der Waals surface area contributed by atoms with Crippen molar-refractivity contribution in [2.75, 3.05) is 20.6 Å². The second kappa shape index (κ2) is 7.87. The van der Waals surface area contributed by atoms with Crippen molar-refractivity contribution in [2.24, 2.45) is 5.73 Å². The molecule has 112 valence electrons. The van der Waals surface area contributed by atoms with Crippen LogP contribution in [-0.4, -0.2) is 48.6 Å². The van der Waals surface area contributed by atoms with Gasteiger partial charge in [0, 0.05) is 6.04 Å². The summed E-state index contributed by atoms with van der Waals surface area (Å²) in [6.07, 6.45) is 1.36. The highest BCUT2D eigenvalue weighted by molar-refractivity contribution is 5.82. The first-order valence-electron chi connectivity index (χ1n) is 6.87. The molecule has 1 amide bonds. The summed E-state index contributed by atoms with van der Waals surface area (Å²) >= 11 is 0. The number of nitrogens with two attached hydrogens (primary N) is 1. The normalized spacial score (nSPS) is 14.1. The van der Waals surface area contributed by atoms with E-state index in [1.165, 1.54) is 0 Å². The van der Waals surface area contributed by atoms with Crippen molar-refractivity contribution in [1.82, 2.24) is 10.2 Å². The predicted octanol–water partition coefficient (Wildman–Crippen LogP) is 0.718. The van der Waals surface area contributed by atoms with E-state index in [0.717, 1.165) is 18.5 Å². The highest BCUT2D eigenvalue weighted by Crippen LogP contribution is 2.11. The lowest BCUT2D eigenvalue weighted by Crippen LogP contribution is -2.46. The lowest BCUT2D eigenvalue weighted by Gasteiger charge is -2.19. The van der Waals surface area contributed by atoms with Crippen LogP contribution < -0.4 is 11.1 Å². The second-order valence-electron chi connectivity index (χ2n) is 5.48. The maximum absolute atomic E-state index is 12.0. The van der Waals surface area contributed by atoms with Crippen LogP contribution in [0.1, 0.15) is 18.9 Å². The fourth-order valence-electron chi connectivity index (χ4n) is 1.85. The van der Waals surface area contributed by atoms with Crippen molar-refractivity contribution in [3.8, 4) is 5.75 Å². The van der Waals surface area contributed by atoms with Crippen molar-refractivity contribution in [2.45, 2.75) is 31.8 Å². The topological polar surface area (TPSA) is 78.6 Å². The number of nitrogens with one attached hydrogen (secondary N) is 1. The molecule has 0 spiro atoms. The van der Waals surface area contributed by atoms with Crippen molar-refractivity contribution in [1.29, 1.82) is 0 Å². The van der Waals surface area contributed by atoms with Gasteiger partial charge in [0.15, 0.2) is 0 Å². The molecule has 0 saturated heterocycles. The minimum absolute atomic E-state index is 0.107. The van der Waals surface area contributed by atoms with Gasteiger partial charge < -0.3 is 21.1 Å². The molecule has 0 fully saturated rings. The van der Waals surface area contributed by atoms with Crippen molar-refractivity contribution >= 4 is 5.91 Å². The van der Waals surface area contributed by atoms with Crippen LogP contribution in [0.5, 0.6) is 5.75 Å². The zero-order chi connectivity index (χ0) is 15.1. The number of rotatable bonds is 7. The maximum atomic E-state index is 12.0. The minimum Gasteiger partial charge on any atom is -0.508 e. The molecule has 1 aromatic rings. The number of phenolic OH excluding ortho intramolecular Hbond substituents is 1. The number of phenols is 1. The fraction of sp³-hybridized carbons (Fsp3) is 0.533. The van der Waals surface area contributed by atoms with Crippen LogP contribution in [-0.2, 0) is 11.2 Å². The van der Waals surface area contributed by atoms with Gasteiger partial charge >= 0.3 is 0 Å². The largest absolute Gasteiger partial charge is 0.508 e. The minimum atomic E-state index is -0.568. The number of hydrogen-bond donors (Lipinski definition) is 3. The molecule has 5 nitrogen and oxygen atoms in total. The van der Waals surface area contributed by atoms with E-state index in [-0.39, 0.29) is 17.7 Å². The van der Waals surface area contributed by atoms with Crippen LogP contribution in [0, 0.1) is 0 Å². The van der Waals surface area contributed by atoms with E-state index >= 15 is 0 Å². The van der Waals surface area contributed by atoms with E-state index in [1.807, 2.05) is 21.0 Å². The predicted molar refractivity (Wildman–Crippen MR) is 80.6 cm³/mol. The molecule has 0 aliphatic heterocycles. The molecule has 0 aromatic heterocycles. The van der Waals surface area contributed by atoms with Gasteiger partial charge in [0.05, 0.1) is 6.04 Å². The zero-order valence-corrected chi connectivity index (χ0v) is 12.5. The summed E-state index contributed by atoms with van der Waals surface area (Å²) in [7, 11) is 4.01. The third kappa shape index (κ3) is 6.04. The van der Waals surface area contributed by atoms with Gasteiger partial charge in [-0.2, -0.15) is 0 Å². The van der Waals surface area contributed by atoms with Crippen LogP contribution in [0.2, 0.25) is 0 Å². The number of carbonyl (C=O) groups excluding carboxylic acids is 1. The summed E-state index contributed by atoms with van der Waals surface area (Å²) in [4.78, 5) is 14.1. The zero-order valence-electron chi connectivity index (χ0n) is 12.5. The Hall–Kier alpha value is -1.59. The quantitative estimate of drug-likeness (QED) is 0.687. The molecule has 0 saturated carbocycles. The van der Waals surface area contributed by atoms with Crippen molar-refractivity contribution in [3.63, 3.8) is 0 Å². The Labute approximate surface area is 120 Å². The van der Waals surface area contributed by atoms with Crippen LogP contribution in [0.25, 0.3) is 0 Å². The first kappa shape index (κ1) is 16.5. The SMILES string of the molecule is CC(CCN(C)C)NC(=O)[C@@H](N)Cc1ccc(O)cc1. The van der Waals surface area contributed by atoms with Gasteiger partial charge in [0.25, 0.3) is 0 Å². The Bertz CT molecular complexity index is 418. The van der Waals surface area contributed by atoms with Gasteiger partial charge in [0.1, 0.15) is 5.75 Å². The van der Waals surface area contributed by atoms with Crippen LogP contribution in [0.3, 0.4) is 0 Å². The highest BCUT2D eigenvalue weighted by atomic mass is 16.3. The van der Waals surface area contributed by atoms with E-state index in [1.54, 1.807) is 24.3 Å². The number of amides is 1. The molecule has 0 aliphatic carbocycles. The van der Waals surface area contributed by atoms with Crippen LogP contribution in [0.15, 0.2) is 24.3 Å². The molecular formula is C15H25N3O2. The molecule has 1 unspecified atom stereocenters. The van der Waals surface area contributed by atoms with E-state index in [4.69, 9.17) is 5.73 Å². The van der Waals surface area contributed by atoms with Crippen molar-refractivity contribution in [3.05, 3.63) is 29.8 Å². The van der Waals surface area contributed by atoms with Gasteiger partial charge in [-0.15, -0.1) is 0 Å². The molecular weight excluding hydrogens is 254 g/mol. The average molecular weight is 279 g/mol. The molecule has 5 heteroatoms. The Morgan fingerprint density at radius 1 is 1.35 bits per heavy atom. The molecule has 2 atom stereocenters. The first-order chi connectivity index (χ1) is 9.38. The molecule has 4 N–H and O–H groups in total. The molecule has 0 heterocycles. The van der Waals surface area contributed by atoms with Gasteiger partial charge in [-0.1, -0.05) is 12.1 Å². The Morgan fingerprint density at radius 2 is 1.95 bits per heavy atom. The maximum Gasteiger partial charge on any atom is 0.237 e. The van der Waals surface area contributed by atoms with Crippen LogP contribution in [0.4, 0.5) is 0 Å². The number of hydrogen-bond acceptors (Lipinski definition) is 4. The molecule has 0 aliphatic rings. The summed E-state index contributed by atoms with van der Waals surface area (Å²) < 4.78 is 0. The van der Waals surface area contributed by atoms with E-state index < -0.39 is 6.04 Å². The Kier molecular flexibility index (Phi) is 6.48. The van der Waals surface area contributed by atoms with Crippen LogP contribution >= 0.6 is 0 Å². The smallest absolute Gasteiger partial charge is 0.237 e. The standard InChI is InChI=1S/C15H25N3O2/c1-11(8-9-18(2)3)17-15(20)14(16)10-12-4-6-13(19)7-5-12/h4-7,11,14,19H,8-10,16H2,1-3H3,(H,17,20)/t11?,14-/m0/s1. The average Bonchev–Trinajstić information content (AvgIpc) is 2.39. The summed E-state index contributed by atoms with van der Waals surface area (Å²) in [5.74, 6) is 0.0772. The van der Waals surface area contributed by atoms with Gasteiger partial charge in [0.2, 0.25) is 5.91 Å². The third-order valence-electron chi connectivity index (χ3n) is 3.13. The van der Waals surface area contributed by atoms with Gasteiger partial charge in [-0.05, 0) is 58.1 Å². The van der Waals surface area contributed by atoms with Gasteiger partial charge in [-0.3, -0.25) is 4.79 Å². The number of carbonyl (C=O) groups is 1. The summed E-state index contributed by atoms with van der Waals surface area (Å²) in [6.45, 7) is 2.91. The number of benzene rings is 1. The molecule has 20 heavy (non-hydrogen) atoms. The van der Waals surface area contributed by atoms with E-state index in [0.29, 0.717) is 6.42 Å². The van der Waals surface area contributed by atoms with E-state index in [9.17, 15) is 9.90 Å². The monoisotopic (exact) mass is 279 g/mol. The van der Waals surface area contributed by atoms with Crippen molar-refractivity contribution < 1.29 is 9.90 Å². The van der Waals surface area contributed by atoms with Gasteiger partial charge in [-0.25, -0.2) is 0 Å². The molecule has 0 radical (unpaired) electrons. The fourth-order valence-corrected chi connectivity index (χ4v) is 1.85. The highest BCUT2D eigenvalue weighted by Gasteiger charge is 2.16. The molecule has 1 aromatic carbocycles. The Balaban J connectivity index is 2.40.